The van der Waals surface area contributed by atoms with E-state index in [0.717, 1.165) is 89.0 Å². The van der Waals surface area contributed by atoms with E-state index < -0.39 is 0 Å². The third-order valence-electron chi connectivity index (χ3n) is 9.86. The lowest BCUT2D eigenvalue weighted by Crippen LogP contribution is -1.99. The maximum atomic E-state index is 5.35. The molecule has 10 aromatic rings. The van der Waals surface area contributed by atoms with Crippen molar-refractivity contribution in [3.05, 3.63) is 188 Å². The van der Waals surface area contributed by atoms with Crippen LogP contribution in [0.3, 0.4) is 0 Å². The maximum absolute atomic E-state index is 5.35. The van der Waals surface area contributed by atoms with Gasteiger partial charge in [-0.3, -0.25) is 9.55 Å². The van der Waals surface area contributed by atoms with Gasteiger partial charge in [-0.25, -0.2) is 15.0 Å². The van der Waals surface area contributed by atoms with E-state index in [0.29, 0.717) is 5.82 Å². The summed E-state index contributed by atoms with van der Waals surface area (Å²) in [5, 5.41) is 3.27. The molecule has 3 heterocycles. The number of hydrogen-bond acceptors (Lipinski definition) is 4. The summed E-state index contributed by atoms with van der Waals surface area (Å²) < 4.78 is 2.31. The van der Waals surface area contributed by atoms with Crippen LogP contribution in [-0.2, 0) is 0 Å². The predicted octanol–water partition coefficient (Wildman–Crippen LogP) is 11.9. The van der Waals surface area contributed by atoms with Crippen molar-refractivity contribution in [2.45, 2.75) is 0 Å². The van der Waals surface area contributed by atoms with Crippen LogP contribution in [0.5, 0.6) is 0 Å². The van der Waals surface area contributed by atoms with Crippen LogP contribution in [0.1, 0.15) is 0 Å². The van der Waals surface area contributed by atoms with Crippen molar-refractivity contribution in [1.82, 2.24) is 24.5 Å². The Morgan fingerprint density at radius 1 is 0.358 bits per heavy atom. The number of aromatic nitrogens is 5. The Morgan fingerprint density at radius 3 is 1.64 bits per heavy atom. The normalized spacial score (nSPS) is 11.4. The zero-order valence-electron chi connectivity index (χ0n) is 28.6. The SMILES string of the molecule is c1ccc(-c2cc(-c3ccc(-c4cccc(-n5c(-c6ccccc6)nc6c7cccnc7c7ccccc7c65)c4)cc3)nc(-c3ccccc3)n2)cc1. The van der Waals surface area contributed by atoms with E-state index in [-0.39, 0.29) is 0 Å². The summed E-state index contributed by atoms with van der Waals surface area (Å²) in [7, 11) is 0. The highest BCUT2D eigenvalue weighted by atomic mass is 15.1. The molecule has 5 nitrogen and oxygen atoms in total. The molecule has 0 atom stereocenters. The Labute approximate surface area is 306 Å². The number of benzene rings is 7. The molecule has 0 saturated carbocycles. The number of rotatable bonds is 6. The summed E-state index contributed by atoms with van der Waals surface area (Å²) in [6, 6.07) is 63.0. The quantitative estimate of drug-likeness (QED) is 0.164. The van der Waals surface area contributed by atoms with Crippen LogP contribution < -0.4 is 0 Å². The van der Waals surface area contributed by atoms with E-state index in [1.807, 2.05) is 54.7 Å². The Hall–Kier alpha value is -7.24. The van der Waals surface area contributed by atoms with Gasteiger partial charge in [0.1, 0.15) is 5.82 Å². The topological polar surface area (TPSA) is 56.5 Å². The average Bonchev–Trinajstić information content (AvgIpc) is 3.66. The first kappa shape index (κ1) is 30.6. The highest BCUT2D eigenvalue weighted by Crippen LogP contribution is 2.39. The minimum absolute atomic E-state index is 0.705. The summed E-state index contributed by atoms with van der Waals surface area (Å²) in [5.74, 6) is 1.60. The van der Waals surface area contributed by atoms with E-state index in [2.05, 4.69) is 138 Å². The first-order chi connectivity index (χ1) is 26.3. The molecule has 0 saturated heterocycles. The standard InChI is InChI=1S/C48H31N5/c1-4-14-33(15-5-1)42-31-43(51-47(50-42)35-16-6-2-7-17-35)34-27-25-32(26-28-34)37-20-12-21-38(30-37)53-46-40-23-11-10-22-39(40)44-41(24-13-29-49-44)45(46)52-48(53)36-18-8-3-9-19-36/h1-31H. The van der Waals surface area contributed by atoms with Gasteiger partial charge in [-0.1, -0.05) is 152 Å². The Bertz CT molecular complexity index is 2860. The number of nitrogens with zero attached hydrogens (tertiary/aromatic N) is 5. The van der Waals surface area contributed by atoms with E-state index in [9.17, 15) is 0 Å². The minimum atomic E-state index is 0.705. The fourth-order valence-corrected chi connectivity index (χ4v) is 7.32. The molecule has 0 aliphatic carbocycles. The smallest absolute Gasteiger partial charge is 0.160 e. The summed E-state index contributed by atoms with van der Waals surface area (Å²) >= 11 is 0. The number of imidazole rings is 1. The van der Waals surface area contributed by atoms with Crippen LogP contribution in [0, 0.1) is 0 Å². The van der Waals surface area contributed by atoms with Crippen LogP contribution in [0.15, 0.2) is 188 Å². The molecule has 0 unspecified atom stereocenters. The van der Waals surface area contributed by atoms with Gasteiger partial charge in [-0.05, 0) is 41.5 Å². The van der Waals surface area contributed by atoms with E-state index in [4.69, 9.17) is 19.9 Å². The molecule has 0 radical (unpaired) electrons. The molecular weight excluding hydrogens is 647 g/mol. The lowest BCUT2D eigenvalue weighted by Gasteiger charge is -2.14. The molecule has 0 aliphatic rings. The highest BCUT2D eigenvalue weighted by molar-refractivity contribution is 6.23. The number of fused-ring (bicyclic) bond motifs is 6. The summed E-state index contributed by atoms with van der Waals surface area (Å²) in [6.45, 7) is 0. The van der Waals surface area contributed by atoms with Crippen molar-refractivity contribution in [3.8, 4) is 62.1 Å². The molecule has 0 N–H and O–H groups in total. The van der Waals surface area contributed by atoms with Crippen molar-refractivity contribution in [3.63, 3.8) is 0 Å². The molecule has 5 heteroatoms. The third-order valence-corrected chi connectivity index (χ3v) is 9.86. The highest BCUT2D eigenvalue weighted by Gasteiger charge is 2.21. The summed E-state index contributed by atoms with van der Waals surface area (Å²) in [4.78, 5) is 20.2. The van der Waals surface area contributed by atoms with Crippen molar-refractivity contribution in [1.29, 1.82) is 0 Å². The lowest BCUT2D eigenvalue weighted by atomic mass is 10.0. The fourth-order valence-electron chi connectivity index (χ4n) is 7.32. The van der Waals surface area contributed by atoms with Crippen LogP contribution in [0.4, 0.5) is 0 Å². The summed E-state index contributed by atoms with van der Waals surface area (Å²) in [6.07, 6.45) is 1.86. The molecule has 3 aromatic heterocycles. The molecule has 53 heavy (non-hydrogen) atoms. The average molecular weight is 678 g/mol. The van der Waals surface area contributed by atoms with Crippen LogP contribution >= 0.6 is 0 Å². The zero-order chi connectivity index (χ0) is 35.1. The molecule has 0 aliphatic heterocycles. The maximum Gasteiger partial charge on any atom is 0.160 e. The Morgan fingerprint density at radius 2 is 0.925 bits per heavy atom. The summed E-state index contributed by atoms with van der Waals surface area (Å²) in [5.41, 5.74) is 12.1. The lowest BCUT2D eigenvalue weighted by molar-refractivity contribution is 1.11. The van der Waals surface area contributed by atoms with Gasteiger partial charge in [-0.15, -0.1) is 0 Å². The van der Waals surface area contributed by atoms with Crippen LogP contribution in [0.2, 0.25) is 0 Å². The number of hydrogen-bond donors (Lipinski definition) is 0. The molecule has 10 rings (SSSR count). The second-order valence-electron chi connectivity index (χ2n) is 13.1. The molecular formula is C48H31N5. The minimum Gasteiger partial charge on any atom is -0.292 e. The first-order valence-corrected chi connectivity index (χ1v) is 17.7. The molecule has 0 amide bonds. The third kappa shape index (κ3) is 5.43. The predicted molar refractivity (Wildman–Crippen MR) is 217 cm³/mol. The van der Waals surface area contributed by atoms with Gasteiger partial charge in [0.25, 0.3) is 0 Å². The largest absolute Gasteiger partial charge is 0.292 e. The molecule has 248 valence electrons. The Kier molecular flexibility index (Phi) is 7.40. The Balaban J connectivity index is 1.11. The molecule has 7 aromatic carbocycles. The van der Waals surface area contributed by atoms with Crippen LogP contribution in [-0.4, -0.2) is 24.5 Å². The van der Waals surface area contributed by atoms with Gasteiger partial charge < -0.3 is 0 Å². The zero-order valence-corrected chi connectivity index (χ0v) is 28.6. The number of pyridine rings is 1. The van der Waals surface area contributed by atoms with Crippen molar-refractivity contribution >= 4 is 32.7 Å². The van der Waals surface area contributed by atoms with Crippen molar-refractivity contribution in [2.75, 3.05) is 0 Å². The molecule has 0 spiro atoms. The van der Waals surface area contributed by atoms with E-state index in [1.165, 1.54) is 0 Å². The van der Waals surface area contributed by atoms with Gasteiger partial charge in [0.05, 0.1) is 27.9 Å². The van der Waals surface area contributed by atoms with Gasteiger partial charge >= 0.3 is 0 Å². The van der Waals surface area contributed by atoms with Gasteiger partial charge in [-0.2, -0.15) is 0 Å². The van der Waals surface area contributed by atoms with E-state index in [1.54, 1.807) is 0 Å². The monoisotopic (exact) mass is 677 g/mol. The molecule has 0 fully saturated rings. The van der Waals surface area contributed by atoms with Gasteiger partial charge in [0, 0.05) is 50.3 Å². The van der Waals surface area contributed by atoms with Gasteiger partial charge in [0.2, 0.25) is 0 Å². The van der Waals surface area contributed by atoms with Crippen LogP contribution in [0.25, 0.3) is 94.8 Å². The van der Waals surface area contributed by atoms with E-state index >= 15 is 0 Å². The molecule has 0 bridgehead atoms. The van der Waals surface area contributed by atoms with Gasteiger partial charge in [0.15, 0.2) is 5.82 Å². The van der Waals surface area contributed by atoms with Crippen molar-refractivity contribution in [2.24, 2.45) is 0 Å². The van der Waals surface area contributed by atoms with Crippen molar-refractivity contribution < 1.29 is 0 Å². The fraction of sp³-hybridized carbons (Fsp3) is 0. The second-order valence-corrected chi connectivity index (χ2v) is 13.1. The second kappa shape index (κ2) is 12.8. The first-order valence-electron chi connectivity index (χ1n) is 17.7.